The summed E-state index contributed by atoms with van der Waals surface area (Å²) in [5.74, 6) is 0.920. The van der Waals surface area contributed by atoms with Crippen molar-refractivity contribution in [1.82, 2.24) is 10.6 Å². The van der Waals surface area contributed by atoms with Gasteiger partial charge >= 0.3 is 0 Å². The Balaban J connectivity index is 1.90. The Bertz CT molecular complexity index is 244. The maximum atomic E-state index is 5.68. The van der Waals surface area contributed by atoms with Gasteiger partial charge in [0.25, 0.3) is 0 Å². The van der Waals surface area contributed by atoms with Crippen LogP contribution < -0.4 is 15.4 Å². The zero-order valence-corrected chi connectivity index (χ0v) is 7.49. The quantitative estimate of drug-likeness (QED) is 0.695. The van der Waals surface area contributed by atoms with Crippen LogP contribution in [0.25, 0.3) is 0 Å². The van der Waals surface area contributed by atoms with Crippen molar-refractivity contribution in [3.05, 3.63) is 30.3 Å². The molecule has 3 nitrogen and oxygen atoms in total. The fourth-order valence-electron chi connectivity index (χ4n) is 1.37. The predicted molar refractivity (Wildman–Crippen MR) is 51.7 cm³/mol. The Kier molecular flexibility index (Phi) is 2.79. The van der Waals surface area contributed by atoms with Gasteiger partial charge in [0.1, 0.15) is 5.75 Å². The lowest BCUT2D eigenvalue weighted by Gasteiger charge is -2.25. The summed E-state index contributed by atoms with van der Waals surface area (Å²) in [5.41, 5.74) is 0. The van der Waals surface area contributed by atoms with Crippen molar-refractivity contribution in [2.45, 2.75) is 6.23 Å². The average Bonchev–Trinajstić information content (AvgIpc) is 2.21. The lowest BCUT2D eigenvalue weighted by Crippen LogP contribution is -2.51. The monoisotopic (exact) mass is 178 g/mol. The molecule has 1 heterocycles. The number of hydrogen-bond donors (Lipinski definition) is 2. The molecule has 1 unspecified atom stereocenters. The predicted octanol–water partition coefficient (Wildman–Crippen LogP) is 0.584. The smallest absolute Gasteiger partial charge is 0.162 e. The van der Waals surface area contributed by atoms with E-state index in [1.165, 1.54) is 0 Å². The SMILES string of the molecule is c1ccc(OC2CNCCN2)cc1. The minimum Gasteiger partial charge on any atom is -0.474 e. The van der Waals surface area contributed by atoms with E-state index in [4.69, 9.17) is 4.74 Å². The second-order valence-corrected chi connectivity index (χ2v) is 3.08. The second-order valence-electron chi connectivity index (χ2n) is 3.08. The lowest BCUT2D eigenvalue weighted by atomic mass is 10.3. The van der Waals surface area contributed by atoms with Crippen LogP contribution in [0, 0.1) is 0 Å². The highest BCUT2D eigenvalue weighted by Crippen LogP contribution is 2.09. The zero-order valence-electron chi connectivity index (χ0n) is 7.49. The summed E-state index contributed by atoms with van der Waals surface area (Å²) in [7, 11) is 0. The van der Waals surface area contributed by atoms with E-state index in [-0.39, 0.29) is 6.23 Å². The minimum atomic E-state index is 0.108. The molecule has 1 aliphatic heterocycles. The first-order chi connectivity index (χ1) is 6.45. The summed E-state index contributed by atoms with van der Waals surface area (Å²) < 4.78 is 5.68. The molecule has 1 aromatic carbocycles. The molecule has 0 bridgehead atoms. The van der Waals surface area contributed by atoms with Crippen LogP contribution in [0.15, 0.2) is 30.3 Å². The number of benzene rings is 1. The molecule has 1 aromatic rings. The van der Waals surface area contributed by atoms with Crippen molar-refractivity contribution < 1.29 is 4.74 Å². The van der Waals surface area contributed by atoms with Crippen LogP contribution in [0.3, 0.4) is 0 Å². The van der Waals surface area contributed by atoms with Crippen LogP contribution in [0.2, 0.25) is 0 Å². The normalized spacial score (nSPS) is 22.6. The van der Waals surface area contributed by atoms with E-state index in [2.05, 4.69) is 10.6 Å². The molecule has 0 spiro atoms. The van der Waals surface area contributed by atoms with Crippen molar-refractivity contribution in [3.8, 4) is 5.75 Å². The van der Waals surface area contributed by atoms with Crippen LogP contribution in [-0.2, 0) is 0 Å². The maximum absolute atomic E-state index is 5.68. The van der Waals surface area contributed by atoms with Crippen molar-refractivity contribution in [1.29, 1.82) is 0 Å². The molecule has 0 saturated carbocycles. The van der Waals surface area contributed by atoms with E-state index in [1.54, 1.807) is 0 Å². The van der Waals surface area contributed by atoms with Gasteiger partial charge in [0, 0.05) is 19.6 Å². The molecule has 0 aromatic heterocycles. The Hall–Kier alpha value is -1.06. The van der Waals surface area contributed by atoms with Crippen LogP contribution in [0.1, 0.15) is 0 Å². The van der Waals surface area contributed by atoms with E-state index in [0.29, 0.717) is 0 Å². The van der Waals surface area contributed by atoms with Gasteiger partial charge in [-0.2, -0.15) is 0 Å². The van der Waals surface area contributed by atoms with E-state index < -0.39 is 0 Å². The molecular weight excluding hydrogens is 164 g/mol. The highest BCUT2D eigenvalue weighted by Gasteiger charge is 2.12. The highest BCUT2D eigenvalue weighted by atomic mass is 16.5. The Labute approximate surface area is 78.1 Å². The van der Waals surface area contributed by atoms with E-state index in [0.717, 1.165) is 25.4 Å². The summed E-state index contributed by atoms with van der Waals surface area (Å²) in [6.07, 6.45) is 0.108. The number of piperazine rings is 1. The molecule has 2 N–H and O–H groups in total. The van der Waals surface area contributed by atoms with Crippen LogP contribution in [0.5, 0.6) is 5.75 Å². The van der Waals surface area contributed by atoms with Crippen LogP contribution >= 0.6 is 0 Å². The molecule has 1 aliphatic rings. The first kappa shape index (κ1) is 8.53. The third kappa shape index (κ3) is 2.44. The minimum absolute atomic E-state index is 0.108. The summed E-state index contributed by atoms with van der Waals surface area (Å²) in [6.45, 7) is 2.86. The number of nitrogens with one attached hydrogen (secondary N) is 2. The van der Waals surface area contributed by atoms with Crippen molar-refractivity contribution in [2.75, 3.05) is 19.6 Å². The Morgan fingerprint density at radius 2 is 2.00 bits per heavy atom. The summed E-state index contributed by atoms with van der Waals surface area (Å²) in [5, 5.41) is 6.55. The van der Waals surface area contributed by atoms with Crippen molar-refractivity contribution in [3.63, 3.8) is 0 Å². The molecule has 1 fully saturated rings. The van der Waals surface area contributed by atoms with Crippen molar-refractivity contribution in [2.24, 2.45) is 0 Å². The van der Waals surface area contributed by atoms with E-state index in [9.17, 15) is 0 Å². The van der Waals surface area contributed by atoms with Gasteiger partial charge in [0.05, 0.1) is 0 Å². The second kappa shape index (κ2) is 4.25. The average molecular weight is 178 g/mol. The largest absolute Gasteiger partial charge is 0.474 e. The van der Waals surface area contributed by atoms with Gasteiger partial charge in [-0.25, -0.2) is 0 Å². The first-order valence-corrected chi connectivity index (χ1v) is 4.61. The summed E-state index contributed by atoms with van der Waals surface area (Å²) >= 11 is 0. The van der Waals surface area contributed by atoms with Gasteiger partial charge in [-0.15, -0.1) is 0 Å². The maximum Gasteiger partial charge on any atom is 0.162 e. The molecular formula is C10H14N2O. The molecule has 70 valence electrons. The molecule has 2 rings (SSSR count). The highest BCUT2D eigenvalue weighted by molar-refractivity contribution is 5.21. The fraction of sp³-hybridized carbons (Fsp3) is 0.400. The van der Waals surface area contributed by atoms with Gasteiger partial charge in [-0.1, -0.05) is 18.2 Å². The van der Waals surface area contributed by atoms with E-state index in [1.807, 2.05) is 30.3 Å². The van der Waals surface area contributed by atoms with Gasteiger partial charge in [0.2, 0.25) is 0 Å². The van der Waals surface area contributed by atoms with Gasteiger partial charge in [0.15, 0.2) is 6.23 Å². The lowest BCUT2D eigenvalue weighted by molar-refractivity contribution is 0.144. The number of para-hydroxylation sites is 1. The number of ether oxygens (including phenoxy) is 1. The molecule has 1 atom stereocenters. The molecule has 1 saturated heterocycles. The molecule has 3 heteroatoms. The third-order valence-electron chi connectivity index (χ3n) is 2.03. The summed E-state index contributed by atoms with van der Waals surface area (Å²) in [6, 6.07) is 9.88. The standard InChI is InChI=1S/C10H14N2O/c1-2-4-9(5-3-1)13-10-8-11-6-7-12-10/h1-5,10-12H,6-8H2. The Morgan fingerprint density at radius 3 is 2.69 bits per heavy atom. The molecule has 0 aliphatic carbocycles. The Morgan fingerprint density at radius 1 is 1.15 bits per heavy atom. The molecule has 0 amide bonds. The first-order valence-electron chi connectivity index (χ1n) is 4.61. The third-order valence-corrected chi connectivity index (χ3v) is 2.03. The van der Waals surface area contributed by atoms with Gasteiger partial charge in [-0.05, 0) is 12.1 Å². The molecule has 0 radical (unpaired) electrons. The molecule has 13 heavy (non-hydrogen) atoms. The van der Waals surface area contributed by atoms with Crippen LogP contribution in [-0.4, -0.2) is 25.9 Å². The van der Waals surface area contributed by atoms with Crippen LogP contribution in [0.4, 0.5) is 0 Å². The topological polar surface area (TPSA) is 33.3 Å². The number of hydrogen-bond acceptors (Lipinski definition) is 3. The fourth-order valence-corrected chi connectivity index (χ4v) is 1.37. The number of rotatable bonds is 2. The summed E-state index contributed by atoms with van der Waals surface area (Å²) in [4.78, 5) is 0. The zero-order chi connectivity index (χ0) is 8.93. The van der Waals surface area contributed by atoms with Gasteiger partial charge < -0.3 is 10.1 Å². The van der Waals surface area contributed by atoms with Crippen molar-refractivity contribution >= 4 is 0 Å². The van der Waals surface area contributed by atoms with Gasteiger partial charge in [-0.3, -0.25) is 5.32 Å². The van der Waals surface area contributed by atoms with E-state index >= 15 is 0 Å².